The molecule has 0 aromatic heterocycles. The molecule has 0 saturated carbocycles. The highest BCUT2D eigenvalue weighted by molar-refractivity contribution is 5.71. The number of nitrogens with zero attached hydrogens (tertiary/aromatic N) is 2. The van der Waals surface area contributed by atoms with Crippen molar-refractivity contribution in [3.63, 3.8) is 0 Å². The fraction of sp³-hybridized carbons (Fsp3) is 0.500. The van der Waals surface area contributed by atoms with Crippen LogP contribution in [0.1, 0.15) is 6.92 Å². The third-order valence-electron chi connectivity index (χ3n) is 0.584. The van der Waals surface area contributed by atoms with Gasteiger partial charge < -0.3 is 0 Å². The van der Waals surface area contributed by atoms with Crippen LogP contribution in [0.4, 0.5) is 0 Å². The zero-order chi connectivity index (χ0) is 6.57. The topological polar surface area (TPSA) is 64.3 Å². The van der Waals surface area contributed by atoms with Gasteiger partial charge in [0.05, 0.1) is 6.07 Å². The Kier molecular flexibility index (Phi) is 2.59. The fourth-order valence-corrected chi connectivity index (χ4v) is 0.178. The lowest BCUT2D eigenvalue weighted by Crippen LogP contribution is -2.24. The molecular formula is C4H6N2O2. The first kappa shape index (κ1) is 6.92. The summed E-state index contributed by atoms with van der Waals surface area (Å²) in [5.74, 6) is -0.522. The van der Waals surface area contributed by atoms with Gasteiger partial charge in [-0.05, 0) is 0 Å². The first-order valence-electron chi connectivity index (χ1n) is 2.02. The van der Waals surface area contributed by atoms with E-state index in [4.69, 9.17) is 10.5 Å². The quantitative estimate of drug-likeness (QED) is 0.290. The van der Waals surface area contributed by atoms with Crippen molar-refractivity contribution in [2.24, 2.45) is 0 Å². The van der Waals surface area contributed by atoms with Crippen LogP contribution in [0.2, 0.25) is 0 Å². The van der Waals surface area contributed by atoms with Gasteiger partial charge in [0.15, 0.2) is 0 Å². The number of hydrogen-bond acceptors (Lipinski definition) is 3. The highest BCUT2D eigenvalue weighted by atomic mass is 16.5. The van der Waals surface area contributed by atoms with Gasteiger partial charge in [-0.25, -0.2) is 5.06 Å². The highest BCUT2D eigenvalue weighted by Crippen LogP contribution is 1.77. The Bertz CT molecular complexity index is 126. The Morgan fingerprint density at radius 3 is 2.62 bits per heavy atom. The molecule has 0 spiro atoms. The van der Waals surface area contributed by atoms with E-state index < -0.39 is 5.91 Å². The van der Waals surface area contributed by atoms with Gasteiger partial charge in [0.1, 0.15) is 6.54 Å². The van der Waals surface area contributed by atoms with Gasteiger partial charge in [-0.3, -0.25) is 10.0 Å². The molecule has 0 aliphatic carbocycles. The number of carbonyl (C=O) groups excluding carboxylic acids is 1. The van der Waals surface area contributed by atoms with E-state index >= 15 is 0 Å². The Balaban J connectivity index is 3.52. The number of nitriles is 1. The molecule has 0 aliphatic rings. The molecule has 1 amide bonds. The normalized spacial score (nSPS) is 7.62. The molecule has 44 valence electrons. The summed E-state index contributed by atoms with van der Waals surface area (Å²) in [5, 5.41) is 16.6. The van der Waals surface area contributed by atoms with Gasteiger partial charge in [-0.2, -0.15) is 5.26 Å². The van der Waals surface area contributed by atoms with Crippen LogP contribution < -0.4 is 0 Å². The van der Waals surface area contributed by atoms with E-state index in [1.165, 1.54) is 6.92 Å². The summed E-state index contributed by atoms with van der Waals surface area (Å²) in [6.07, 6.45) is 0. The van der Waals surface area contributed by atoms with E-state index in [2.05, 4.69) is 0 Å². The summed E-state index contributed by atoms with van der Waals surface area (Å²) in [5.41, 5.74) is 0. The van der Waals surface area contributed by atoms with Crippen molar-refractivity contribution < 1.29 is 10.0 Å². The molecule has 0 atom stereocenters. The maximum Gasteiger partial charge on any atom is 0.243 e. The summed E-state index contributed by atoms with van der Waals surface area (Å²) in [6.45, 7) is 0.909. The minimum atomic E-state index is -0.522. The van der Waals surface area contributed by atoms with Gasteiger partial charge in [0.2, 0.25) is 5.91 Å². The smallest absolute Gasteiger partial charge is 0.243 e. The van der Waals surface area contributed by atoms with Gasteiger partial charge >= 0.3 is 0 Å². The third-order valence-corrected chi connectivity index (χ3v) is 0.584. The molecule has 0 aromatic carbocycles. The molecule has 0 rings (SSSR count). The zero-order valence-electron chi connectivity index (χ0n) is 4.46. The second-order valence-electron chi connectivity index (χ2n) is 1.23. The molecule has 0 bridgehead atoms. The van der Waals surface area contributed by atoms with Crippen molar-refractivity contribution in [2.45, 2.75) is 6.92 Å². The summed E-state index contributed by atoms with van der Waals surface area (Å²) in [6, 6.07) is 1.60. The van der Waals surface area contributed by atoms with Crippen molar-refractivity contribution in [3.8, 4) is 6.07 Å². The number of carbonyl (C=O) groups is 1. The first-order chi connectivity index (χ1) is 3.68. The van der Waals surface area contributed by atoms with E-state index in [0.717, 1.165) is 0 Å². The second-order valence-corrected chi connectivity index (χ2v) is 1.23. The predicted molar refractivity (Wildman–Crippen MR) is 24.8 cm³/mol. The maximum atomic E-state index is 10.1. The van der Waals surface area contributed by atoms with Crippen molar-refractivity contribution in [1.29, 1.82) is 5.26 Å². The second kappa shape index (κ2) is 2.99. The number of rotatable bonds is 1. The minimum Gasteiger partial charge on any atom is -0.285 e. The fourth-order valence-electron chi connectivity index (χ4n) is 0.178. The molecule has 0 unspecified atom stereocenters. The van der Waals surface area contributed by atoms with Crippen molar-refractivity contribution >= 4 is 5.91 Å². The SMILES string of the molecule is CC(=O)N(O)CC#N. The van der Waals surface area contributed by atoms with Crippen LogP contribution in [0.15, 0.2) is 0 Å². The Labute approximate surface area is 46.9 Å². The van der Waals surface area contributed by atoms with Gasteiger partial charge in [-0.1, -0.05) is 0 Å². The monoisotopic (exact) mass is 114 g/mol. The van der Waals surface area contributed by atoms with E-state index in [9.17, 15) is 4.79 Å². The third kappa shape index (κ3) is 2.16. The van der Waals surface area contributed by atoms with Crippen LogP contribution in [0.5, 0.6) is 0 Å². The van der Waals surface area contributed by atoms with Gasteiger partial charge in [0.25, 0.3) is 0 Å². The molecule has 0 aliphatic heterocycles. The summed E-state index contributed by atoms with van der Waals surface area (Å²) in [4.78, 5) is 10.1. The minimum absolute atomic E-state index is 0.269. The van der Waals surface area contributed by atoms with Crippen LogP contribution in [-0.4, -0.2) is 22.7 Å². The summed E-state index contributed by atoms with van der Waals surface area (Å²) >= 11 is 0. The van der Waals surface area contributed by atoms with Crippen LogP contribution >= 0.6 is 0 Å². The van der Waals surface area contributed by atoms with E-state index in [-0.39, 0.29) is 6.54 Å². The molecule has 4 heteroatoms. The van der Waals surface area contributed by atoms with Crippen LogP contribution in [0.25, 0.3) is 0 Å². The summed E-state index contributed by atoms with van der Waals surface area (Å²) < 4.78 is 0. The lowest BCUT2D eigenvalue weighted by Gasteiger charge is -2.04. The van der Waals surface area contributed by atoms with E-state index in [0.29, 0.717) is 5.06 Å². The lowest BCUT2D eigenvalue weighted by molar-refractivity contribution is -0.159. The molecule has 8 heavy (non-hydrogen) atoms. The zero-order valence-corrected chi connectivity index (χ0v) is 4.46. The number of hydroxylamine groups is 2. The Morgan fingerprint density at radius 1 is 2.00 bits per heavy atom. The van der Waals surface area contributed by atoms with E-state index in [1.54, 1.807) is 6.07 Å². The number of amides is 1. The maximum absolute atomic E-state index is 10.1. The number of hydrogen-bond donors (Lipinski definition) is 1. The standard InChI is InChI=1S/C4H6N2O2/c1-4(7)6(8)3-2-5/h8H,3H2,1H3. The van der Waals surface area contributed by atoms with Crippen LogP contribution in [-0.2, 0) is 4.79 Å². The average Bonchev–Trinajstić information content (AvgIpc) is 1.67. The predicted octanol–water partition coefficient (Wildman–Crippen LogP) is -0.252. The molecule has 0 saturated heterocycles. The Morgan fingerprint density at radius 2 is 2.50 bits per heavy atom. The van der Waals surface area contributed by atoms with Crippen LogP contribution in [0.3, 0.4) is 0 Å². The average molecular weight is 114 g/mol. The molecule has 0 radical (unpaired) electrons. The molecule has 0 fully saturated rings. The molecule has 0 heterocycles. The Hall–Kier alpha value is -1.08. The largest absolute Gasteiger partial charge is 0.285 e. The molecule has 0 aromatic rings. The van der Waals surface area contributed by atoms with Crippen molar-refractivity contribution in [1.82, 2.24) is 5.06 Å². The molecular weight excluding hydrogens is 108 g/mol. The van der Waals surface area contributed by atoms with Crippen LogP contribution in [0, 0.1) is 11.3 Å². The van der Waals surface area contributed by atoms with Gasteiger partial charge in [0, 0.05) is 6.92 Å². The lowest BCUT2D eigenvalue weighted by atomic mass is 10.6. The molecule has 1 N–H and O–H groups in total. The van der Waals surface area contributed by atoms with Gasteiger partial charge in [-0.15, -0.1) is 0 Å². The summed E-state index contributed by atoms with van der Waals surface area (Å²) in [7, 11) is 0. The first-order valence-corrected chi connectivity index (χ1v) is 2.02. The van der Waals surface area contributed by atoms with E-state index in [1.807, 2.05) is 0 Å². The highest BCUT2D eigenvalue weighted by Gasteiger charge is 1.99. The van der Waals surface area contributed by atoms with Crippen molar-refractivity contribution in [3.05, 3.63) is 0 Å². The molecule has 4 nitrogen and oxygen atoms in total. The van der Waals surface area contributed by atoms with Crippen molar-refractivity contribution in [2.75, 3.05) is 6.54 Å².